The van der Waals surface area contributed by atoms with Gasteiger partial charge in [0.05, 0.1) is 27.9 Å². The van der Waals surface area contributed by atoms with E-state index in [1.807, 2.05) is 52.0 Å². The van der Waals surface area contributed by atoms with Crippen LogP contribution in [0.1, 0.15) is 43.6 Å². The number of rotatable bonds is 4. The number of carboxylic acid groups (broad SMARTS) is 1. The van der Waals surface area contributed by atoms with Crippen molar-refractivity contribution in [1.82, 2.24) is 9.55 Å². The summed E-state index contributed by atoms with van der Waals surface area (Å²) in [6.45, 7) is 7.96. The fourth-order valence-corrected chi connectivity index (χ4v) is 5.73. The molecule has 2 aromatic heterocycles. The Morgan fingerprint density at radius 3 is 2.76 bits per heavy atom. The molecule has 0 bridgehead atoms. The first-order chi connectivity index (χ1) is 16.1. The molecule has 1 atom stereocenters. The Morgan fingerprint density at radius 1 is 1.29 bits per heavy atom. The minimum atomic E-state index is -1.22. The number of pyridine rings is 1. The van der Waals surface area contributed by atoms with Gasteiger partial charge in [-0.1, -0.05) is 11.3 Å². The molecular weight excluding hydrogens is 452 g/mol. The Morgan fingerprint density at radius 2 is 2.06 bits per heavy atom. The Kier molecular flexibility index (Phi) is 5.26. The van der Waals surface area contributed by atoms with Crippen molar-refractivity contribution in [2.24, 2.45) is 7.05 Å². The van der Waals surface area contributed by atoms with E-state index in [2.05, 4.69) is 0 Å². The molecule has 2 aromatic carbocycles. The number of carboxylic acids is 1. The Balaban J connectivity index is 1.94. The summed E-state index contributed by atoms with van der Waals surface area (Å²) in [5.74, 6) is -0.318. The van der Waals surface area contributed by atoms with Gasteiger partial charge in [-0.3, -0.25) is 9.78 Å². The first kappa shape index (κ1) is 22.6. The van der Waals surface area contributed by atoms with E-state index >= 15 is 0 Å². The van der Waals surface area contributed by atoms with Gasteiger partial charge in [0.25, 0.3) is 0 Å². The van der Waals surface area contributed by atoms with Crippen molar-refractivity contribution in [3.05, 3.63) is 56.8 Å². The number of ether oxygens (including phenoxy) is 2. The maximum absolute atomic E-state index is 12.7. The fraction of sp³-hybridized carbons (Fsp3) is 0.346. The van der Waals surface area contributed by atoms with Crippen LogP contribution in [0.2, 0.25) is 0 Å². The molecule has 0 spiro atoms. The van der Waals surface area contributed by atoms with Crippen molar-refractivity contribution in [3.63, 3.8) is 0 Å². The van der Waals surface area contributed by atoms with Gasteiger partial charge < -0.3 is 19.1 Å². The number of hydrogen-bond donors (Lipinski definition) is 1. The van der Waals surface area contributed by atoms with Gasteiger partial charge in [-0.05, 0) is 63.1 Å². The van der Waals surface area contributed by atoms with E-state index in [0.29, 0.717) is 17.7 Å². The van der Waals surface area contributed by atoms with Crippen LogP contribution in [0, 0.1) is 6.92 Å². The molecule has 1 aliphatic heterocycles. The molecule has 7 nitrogen and oxygen atoms in total. The first-order valence-electron chi connectivity index (χ1n) is 11.1. The van der Waals surface area contributed by atoms with Crippen molar-refractivity contribution >= 4 is 38.4 Å². The monoisotopic (exact) mass is 478 g/mol. The van der Waals surface area contributed by atoms with Gasteiger partial charge in [0.15, 0.2) is 6.10 Å². The van der Waals surface area contributed by atoms with Crippen molar-refractivity contribution in [2.45, 2.75) is 45.8 Å². The number of fused-ring (bicyclic) bond motifs is 1. The molecule has 0 fully saturated rings. The molecule has 34 heavy (non-hydrogen) atoms. The van der Waals surface area contributed by atoms with Crippen LogP contribution in [0.25, 0.3) is 32.2 Å². The fourth-order valence-electron chi connectivity index (χ4n) is 4.70. The van der Waals surface area contributed by atoms with Crippen LogP contribution in [0.3, 0.4) is 0 Å². The van der Waals surface area contributed by atoms with Gasteiger partial charge in [-0.25, -0.2) is 4.79 Å². The summed E-state index contributed by atoms with van der Waals surface area (Å²) in [6.07, 6.45) is 1.33. The van der Waals surface area contributed by atoms with E-state index in [9.17, 15) is 14.7 Å². The third-order valence-electron chi connectivity index (χ3n) is 6.13. The van der Waals surface area contributed by atoms with Gasteiger partial charge in [0.1, 0.15) is 5.75 Å². The highest BCUT2D eigenvalue weighted by Gasteiger charge is 2.33. The number of carbonyl (C=O) groups is 1. The highest BCUT2D eigenvalue weighted by atomic mass is 32.1. The number of nitrogens with zero attached hydrogens (tertiary/aromatic N) is 2. The molecular formula is C26H26N2O5S. The van der Waals surface area contributed by atoms with Crippen molar-refractivity contribution in [1.29, 1.82) is 0 Å². The minimum absolute atomic E-state index is 0.115. The van der Waals surface area contributed by atoms with Crippen LogP contribution in [-0.4, -0.2) is 32.8 Å². The second-order valence-corrected chi connectivity index (χ2v) is 10.6. The summed E-state index contributed by atoms with van der Waals surface area (Å²) in [5.41, 5.74) is 4.64. The second kappa shape index (κ2) is 7.92. The molecule has 0 unspecified atom stereocenters. The van der Waals surface area contributed by atoms with Crippen LogP contribution in [0.5, 0.6) is 5.75 Å². The third kappa shape index (κ3) is 3.58. The number of benzene rings is 2. The van der Waals surface area contributed by atoms with Gasteiger partial charge in [0, 0.05) is 41.7 Å². The molecule has 5 rings (SSSR count). The van der Waals surface area contributed by atoms with Gasteiger partial charge in [-0.15, -0.1) is 0 Å². The van der Waals surface area contributed by atoms with Gasteiger partial charge >= 0.3 is 10.8 Å². The molecule has 0 amide bonds. The number of aliphatic carboxylic acids is 1. The number of hydrogen-bond acceptors (Lipinski definition) is 6. The molecule has 1 aliphatic rings. The maximum Gasteiger partial charge on any atom is 0.337 e. The zero-order valence-electron chi connectivity index (χ0n) is 19.8. The van der Waals surface area contributed by atoms with Crippen LogP contribution in [-0.2, 0) is 23.0 Å². The molecule has 0 aliphatic carbocycles. The van der Waals surface area contributed by atoms with E-state index in [1.54, 1.807) is 17.8 Å². The van der Waals surface area contributed by atoms with Crippen LogP contribution in [0.15, 0.2) is 35.3 Å². The van der Waals surface area contributed by atoms with E-state index in [0.717, 1.165) is 61.3 Å². The highest BCUT2D eigenvalue weighted by molar-refractivity contribution is 7.17. The lowest BCUT2D eigenvalue weighted by Crippen LogP contribution is -2.28. The first-order valence-corrected chi connectivity index (χ1v) is 12.0. The summed E-state index contributed by atoms with van der Waals surface area (Å²) >= 11 is 1.11. The lowest BCUT2D eigenvalue weighted by Gasteiger charge is -2.28. The molecule has 0 saturated carbocycles. The van der Waals surface area contributed by atoms with Crippen LogP contribution < -0.4 is 9.61 Å². The standard InChI is InChI=1S/C26H26N2O5S/c1-13-12-16-23(34-25(31)28(16)5)20(18(13)22(24(29)30)33-26(2,3)4)15-6-7-17-19-14(9-11-32-17)8-10-27-21(15)19/h6-8,10,12,22H,9,11H2,1-5H3,(H,29,30)/t22-/m0/s1. The smallest absolute Gasteiger partial charge is 0.337 e. The number of thiazole rings is 1. The SMILES string of the molecule is Cc1cc2c(sc(=O)n2C)c(-c2ccc3c4c(ccnc24)CCO3)c1[C@H](OC(C)(C)C)C(=O)O. The van der Waals surface area contributed by atoms with E-state index in [1.165, 1.54) is 0 Å². The average Bonchev–Trinajstić information content (AvgIpc) is 3.05. The van der Waals surface area contributed by atoms with Crippen molar-refractivity contribution in [2.75, 3.05) is 6.61 Å². The van der Waals surface area contributed by atoms with Gasteiger partial charge in [-0.2, -0.15) is 0 Å². The number of aryl methyl sites for hydroxylation is 2. The van der Waals surface area contributed by atoms with E-state index in [-0.39, 0.29) is 4.87 Å². The molecule has 0 saturated heterocycles. The maximum atomic E-state index is 12.7. The summed E-state index contributed by atoms with van der Waals surface area (Å²) < 4.78 is 14.3. The molecule has 0 radical (unpaired) electrons. The zero-order chi connectivity index (χ0) is 24.4. The van der Waals surface area contributed by atoms with E-state index < -0.39 is 17.7 Å². The van der Waals surface area contributed by atoms with Crippen LogP contribution >= 0.6 is 11.3 Å². The summed E-state index contributed by atoms with van der Waals surface area (Å²) in [4.78, 5) is 29.8. The Labute approximate surface area is 200 Å². The summed E-state index contributed by atoms with van der Waals surface area (Å²) in [7, 11) is 1.73. The minimum Gasteiger partial charge on any atom is -0.493 e. The predicted octanol–water partition coefficient (Wildman–Crippen LogP) is 5.00. The lowest BCUT2D eigenvalue weighted by atomic mass is 9.89. The second-order valence-electron chi connectivity index (χ2n) is 9.61. The topological polar surface area (TPSA) is 90.7 Å². The molecule has 3 heterocycles. The third-order valence-corrected chi connectivity index (χ3v) is 7.19. The average molecular weight is 479 g/mol. The zero-order valence-corrected chi connectivity index (χ0v) is 20.6. The lowest BCUT2D eigenvalue weighted by molar-refractivity contribution is -0.160. The Hall–Kier alpha value is -3.23. The quantitative estimate of drug-likeness (QED) is 0.444. The Bertz CT molecular complexity index is 1520. The molecule has 8 heteroatoms. The van der Waals surface area contributed by atoms with Crippen LogP contribution in [0.4, 0.5) is 0 Å². The largest absolute Gasteiger partial charge is 0.493 e. The number of aromatic nitrogens is 2. The molecule has 1 N–H and O–H groups in total. The summed E-state index contributed by atoms with van der Waals surface area (Å²) in [6, 6.07) is 7.69. The van der Waals surface area contributed by atoms with Crippen molar-refractivity contribution < 1.29 is 19.4 Å². The predicted molar refractivity (Wildman–Crippen MR) is 133 cm³/mol. The normalized spacial score (nSPS) is 14.4. The van der Waals surface area contributed by atoms with Crippen molar-refractivity contribution in [3.8, 4) is 16.9 Å². The molecule has 4 aromatic rings. The van der Waals surface area contributed by atoms with Gasteiger partial charge in [0.2, 0.25) is 0 Å². The summed E-state index contributed by atoms with van der Waals surface area (Å²) in [5, 5.41) is 11.2. The van der Waals surface area contributed by atoms with E-state index in [4.69, 9.17) is 14.5 Å². The molecule has 176 valence electrons. The highest BCUT2D eigenvalue weighted by Crippen LogP contribution is 2.45.